The van der Waals surface area contributed by atoms with Crippen LogP contribution in [0.15, 0.2) is 36.4 Å². The van der Waals surface area contributed by atoms with Crippen LogP contribution in [0.3, 0.4) is 0 Å². The smallest absolute Gasteiger partial charge is 0.122 e. The van der Waals surface area contributed by atoms with Crippen LogP contribution in [0.5, 0.6) is 11.5 Å². The summed E-state index contributed by atoms with van der Waals surface area (Å²) in [4.78, 5) is 0. The van der Waals surface area contributed by atoms with Gasteiger partial charge in [0.1, 0.15) is 11.5 Å². The third-order valence-electron chi connectivity index (χ3n) is 5.36. The molecule has 0 heterocycles. The highest BCUT2D eigenvalue weighted by Gasteiger charge is 2.37. The molecule has 2 heteroatoms. The summed E-state index contributed by atoms with van der Waals surface area (Å²) in [6.45, 7) is 0. The van der Waals surface area contributed by atoms with E-state index in [0.29, 0.717) is 11.8 Å². The average Bonchev–Trinajstić information content (AvgIpc) is 2.51. The van der Waals surface area contributed by atoms with Crippen molar-refractivity contribution in [2.75, 3.05) is 14.2 Å². The Kier molecular flexibility index (Phi) is 3.33. The highest BCUT2D eigenvalue weighted by molar-refractivity contribution is 5.48. The fourth-order valence-electron chi connectivity index (χ4n) is 3.99. The molecule has 1 saturated carbocycles. The van der Waals surface area contributed by atoms with E-state index in [4.69, 9.17) is 9.47 Å². The zero-order chi connectivity index (χ0) is 15.1. The standard InChI is InChI=1S/C20H22O2/c1-21-19-9-5-13-3-4-14-6-10-20(22-2)18(12-14)16-8-7-15(16)17(19)11-13/h5-6,9-12,15-16H,3-4,7-8H2,1-2H3. The monoisotopic (exact) mass is 294 g/mol. The summed E-state index contributed by atoms with van der Waals surface area (Å²) in [5.41, 5.74) is 5.60. The van der Waals surface area contributed by atoms with E-state index in [9.17, 15) is 0 Å². The quantitative estimate of drug-likeness (QED) is 0.814. The summed E-state index contributed by atoms with van der Waals surface area (Å²) in [5.74, 6) is 3.18. The van der Waals surface area contributed by atoms with E-state index in [1.54, 1.807) is 14.2 Å². The van der Waals surface area contributed by atoms with Gasteiger partial charge in [0, 0.05) is 0 Å². The highest BCUT2D eigenvalue weighted by atomic mass is 16.5. The lowest BCUT2D eigenvalue weighted by Gasteiger charge is -2.39. The van der Waals surface area contributed by atoms with E-state index in [2.05, 4.69) is 36.4 Å². The molecule has 2 aromatic carbocycles. The summed E-state index contributed by atoms with van der Waals surface area (Å²) in [7, 11) is 3.55. The van der Waals surface area contributed by atoms with Crippen LogP contribution < -0.4 is 9.47 Å². The minimum Gasteiger partial charge on any atom is -0.496 e. The molecule has 2 unspecified atom stereocenters. The van der Waals surface area contributed by atoms with Crippen molar-refractivity contribution in [3.63, 3.8) is 0 Å². The van der Waals surface area contributed by atoms with E-state index in [0.717, 1.165) is 24.3 Å². The number of hydrogen-bond acceptors (Lipinski definition) is 2. The number of hydrogen-bond donors (Lipinski definition) is 0. The van der Waals surface area contributed by atoms with Crippen molar-refractivity contribution in [3.05, 3.63) is 58.7 Å². The number of fused-ring (bicyclic) bond motifs is 7. The van der Waals surface area contributed by atoms with E-state index >= 15 is 0 Å². The summed E-state index contributed by atoms with van der Waals surface area (Å²) in [6, 6.07) is 13.5. The Morgan fingerprint density at radius 1 is 0.727 bits per heavy atom. The zero-order valence-corrected chi connectivity index (χ0v) is 13.3. The van der Waals surface area contributed by atoms with E-state index < -0.39 is 0 Å². The van der Waals surface area contributed by atoms with Gasteiger partial charge in [-0.15, -0.1) is 0 Å². The first kappa shape index (κ1) is 13.7. The van der Waals surface area contributed by atoms with Crippen molar-refractivity contribution in [2.24, 2.45) is 0 Å². The Morgan fingerprint density at radius 2 is 1.18 bits per heavy atom. The molecular weight excluding hydrogens is 272 g/mol. The second-order valence-electron chi connectivity index (χ2n) is 6.44. The molecule has 2 atom stereocenters. The molecule has 2 aliphatic carbocycles. The van der Waals surface area contributed by atoms with Crippen molar-refractivity contribution >= 4 is 0 Å². The average molecular weight is 294 g/mol. The van der Waals surface area contributed by atoms with Gasteiger partial charge in [-0.05, 0) is 71.9 Å². The molecule has 0 saturated heterocycles. The van der Waals surface area contributed by atoms with E-state index in [-0.39, 0.29) is 0 Å². The van der Waals surface area contributed by atoms with Crippen LogP contribution in [0.25, 0.3) is 0 Å². The lowest BCUT2D eigenvalue weighted by Crippen LogP contribution is -2.23. The molecular formula is C20H22O2. The third kappa shape index (κ3) is 2.09. The summed E-state index contributed by atoms with van der Waals surface area (Å²) >= 11 is 0. The van der Waals surface area contributed by atoms with Gasteiger partial charge in [-0.3, -0.25) is 0 Å². The minimum atomic E-state index is 0.553. The topological polar surface area (TPSA) is 18.5 Å². The first-order valence-electron chi connectivity index (χ1n) is 8.14. The second kappa shape index (κ2) is 5.35. The summed E-state index contributed by atoms with van der Waals surface area (Å²) < 4.78 is 11.3. The Labute approximate surface area is 132 Å². The number of methoxy groups -OCH3 is 2. The van der Waals surface area contributed by atoms with Crippen LogP contribution in [0, 0.1) is 0 Å². The maximum Gasteiger partial charge on any atom is 0.122 e. The molecule has 4 rings (SSSR count). The molecule has 2 nitrogen and oxygen atoms in total. The normalized spacial score (nSPS) is 22.3. The van der Waals surface area contributed by atoms with Crippen LogP contribution in [0.4, 0.5) is 0 Å². The first-order valence-corrected chi connectivity index (χ1v) is 8.14. The second-order valence-corrected chi connectivity index (χ2v) is 6.44. The fourth-order valence-corrected chi connectivity index (χ4v) is 3.99. The molecule has 0 amide bonds. The Balaban J connectivity index is 1.85. The van der Waals surface area contributed by atoms with Crippen LogP contribution >= 0.6 is 0 Å². The van der Waals surface area contributed by atoms with Crippen molar-refractivity contribution < 1.29 is 9.47 Å². The van der Waals surface area contributed by atoms with Gasteiger partial charge < -0.3 is 9.47 Å². The summed E-state index contributed by atoms with van der Waals surface area (Å²) in [6.07, 6.45) is 4.63. The molecule has 22 heavy (non-hydrogen) atoms. The van der Waals surface area contributed by atoms with Crippen LogP contribution in [0.1, 0.15) is 46.9 Å². The first-order chi connectivity index (χ1) is 10.8. The van der Waals surface area contributed by atoms with Crippen LogP contribution in [-0.4, -0.2) is 14.2 Å². The predicted molar refractivity (Wildman–Crippen MR) is 88.1 cm³/mol. The third-order valence-corrected chi connectivity index (χ3v) is 5.36. The summed E-state index contributed by atoms with van der Waals surface area (Å²) in [5, 5.41) is 0. The van der Waals surface area contributed by atoms with Crippen molar-refractivity contribution in [1.82, 2.24) is 0 Å². The molecule has 0 N–H and O–H groups in total. The fraction of sp³-hybridized carbons (Fsp3) is 0.400. The van der Waals surface area contributed by atoms with Crippen molar-refractivity contribution in [2.45, 2.75) is 37.5 Å². The highest BCUT2D eigenvalue weighted by Crippen LogP contribution is 2.53. The maximum atomic E-state index is 5.63. The molecule has 2 aliphatic rings. The molecule has 0 aliphatic heterocycles. The maximum absolute atomic E-state index is 5.63. The molecule has 0 radical (unpaired) electrons. The van der Waals surface area contributed by atoms with Gasteiger partial charge in [0.05, 0.1) is 14.2 Å². The molecule has 1 fully saturated rings. The Morgan fingerprint density at radius 3 is 1.55 bits per heavy atom. The Bertz CT molecular complexity index is 643. The predicted octanol–water partition coefficient (Wildman–Crippen LogP) is 4.46. The molecule has 4 bridgehead atoms. The Hall–Kier alpha value is -1.96. The zero-order valence-electron chi connectivity index (χ0n) is 13.3. The van der Waals surface area contributed by atoms with Gasteiger partial charge in [0.25, 0.3) is 0 Å². The number of ether oxygens (including phenoxy) is 2. The van der Waals surface area contributed by atoms with Gasteiger partial charge in [0.15, 0.2) is 0 Å². The van der Waals surface area contributed by atoms with Gasteiger partial charge in [-0.1, -0.05) is 24.3 Å². The molecule has 0 aromatic heterocycles. The van der Waals surface area contributed by atoms with Gasteiger partial charge in [-0.25, -0.2) is 0 Å². The SMILES string of the molecule is COc1ccc2cc1C1CCC1c1cc(ccc1OC)CC2. The van der Waals surface area contributed by atoms with E-state index in [1.807, 2.05) is 0 Å². The van der Waals surface area contributed by atoms with Crippen LogP contribution in [0.2, 0.25) is 0 Å². The lowest BCUT2D eigenvalue weighted by atomic mass is 9.65. The van der Waals surface area contributed by atoms with E-state index in [1.165, 1.54) is 35.1 Å². The van der Waals surface area contributed by atoms with Gasteiger partial charge in [0.2, 0.25) is 0 Å². The lowest BCUT2D eigenvalue weighted by molar-refractivity contribution is 0.315. The van der Waals surface area contributed by atoms with Crippen molar-refractivity contribution in [3.8, 4) is 11.5 Å². The molecule has 2 aromatic rings. The van der Waals surface area contributed by atoms with Gasteiger partial charge >= 0.3 is 0 Å². The number of aryl methyl sites for hydroxylation is 2. The molecule has 114 valence electrons. The molecule has 0 spiro atoms. The number of rotatable bonds is 2. The van der Waals surface area contributed by atoms with Crippen molar-refractivity contribution in [1.29, 1.82) is 0 Å². The van der Waals surface area contributed by atoms with Gasteiger partial charge in [-0.2, -0.15) is 0 Å². The number of benzene rings is 2. The minimum absolute atomic E-state index is 0.553. The largest absolute Gasteiger partial charge is 0.496 e. The van der Waals surface area contributed by atoms with Crippen LogP contribution in [-0.2, 0) is 12.8 Å².